The first-order valence-electron chi connectivity index (χ1n) is 6.78. The summed E-state index contributed by atoms with van der Waals surface area (Å²) in [5.41, 5.74) is 5.56. The average molecular weight is 292 g/mol. The van der Waals surface area contributed by atoms with Crippen molar-refractivity contribution in [3.63, 3.8) is 0 Å². The van der Waals surface area contributed by atoms with Gasteiger partial charge in [0.1, 0.15) is 11.2 Å². The molecular weight excluding hydrogens is 272 g/mol. The van der Waals surface area contributed by atoms with Crippen LogP contribution in [0.4, 0.5) is 0 Å². The molecule has 2 aromatic heterocycles. The van der Waals surface area contributed by atoms with E-state index in [1.807, 2.05) is 4.90 Å². The highest BCUT2D eigenvalue weighted by molar-refractivity contribution is 5.76. The van der Waals surface area contributed by atoms with Gasteiger partial charge in [0.25, 0.3) is 5.56 Å². The van der Waals surface area contributed by atoms with Crippen LogP contribution in [0.2, 0.25) is 0 Å². The lowest BCUT2D eigenvalue weighted by Crippen LogP contribution is -2.36. The molecule has 0 fully saturated rings. The number of hydrogen-bond donors (Lipinski definition) is 2. The molecule has 0 radical (unpaired) electrons. The van der Waals surface area contributed by atoms with E-state index in [1.165, 1.54) is 6.20 Å². The normalized spacial score (nSPS) is 11.7. The molecule has 0 bridgehead atoms. The Kier molecular flexibility index (Phi) is 4.37. The summed E-state index contributed by atoms with van der Waals surface area (Å²) in [4.78, 5) is 32.1. The van der Waals surface area contributed by atoms with Crippen LogP contribution in [-0.2, 0) is 18.4 Å². The van der Waals surface area contributed by atoms with Crippen molar-refractivity contribution >= 4 is 16.9 Å². The molecule has 0 aliphatic heterocycles. The van der Waals surface area contributed by atoms with E-state index in [1.54, 1.807) is 11.7 Å². The Balaban J connectivity index is 2.29. The summed E-state index contributed by atoms with van der Waals surface area (Å²) < 4.78 is 1.55. The summed E-state index contributed by atoms with van der Waals surface area (Å²) in [5.74, 6) is 0.467. The largest absolute Gasteiger partial charge is 0.369 e. The average Bonchev–Trinajstić information content (AvgIpc) is 2.70. The number of amides is 1. The van der Waals surface area contributed by atoms with Crippen LogP contribution >= 0.6 is 0 Å². The number of fused-ring (bicyclic) bond motifs is 1. The zero-order valence-corrected chi connectivity index (χ0v) is 12.5. The zero-order chi connectivity index (χ0) is 15.6. The van der Waals surface area contributed by atoms with Crippen molar-refractivity contribution in [1.29, 1.82) is 0 Å². The summed E-state index contributed by atoms with van der Waals surface area (Å²) >= 11 is 0. The number of carbonyl (C=O) groups is 1. The van der Waals surface area contributed by atoms with E-state index in [2.05, 4.69) is 28.9 Å². The van der Waals surface area contributed by atoms with Crippen LogP contribution in [0.5, 0.6) is 0 Å². The number of H-pyrrole nitrogens is 1. The van der Waals surface area contributed by atoms with Crippen molar-refractivity contribution in [2.45, 2.75) is 20.4 Å². The van der Waals surface area contributed by atoms with Gasteiger partial charge in [-0.25, -0.2) is 4.98 Å². The molecule has 0 spiro atoms. The lowest BCUT2D eigenvalue weighted by atomic mass is 10.2. The van der Waals surface area contributed by atoms with Gasteiger partial charge in [-0.2, -0.15) is 5.10 Å². The van der Waals surface area contributed by atoms with Gasteiger partial charge < -0.3 is 10.7 Å². The highest BCUT2D eigenvalue weighted by atomic mass is 16.1. The van der Waals surface area contributed by atoms with Crippen molar-refractivity contribution in [2.24, 2.45) is 18.7 Å². The molecule has 3 N–H and O–H groups in total. The van der Waals surface area contributed by atoms with Crippen LogP contribution in [0, 0.1) is 5.92 Å². The molecule has 114 valence electrons. The zero-order valence-electron chi connectivity index (χ0n) is 12.5. The Labute approximate surface area is 122 Å². The number of nitrogens with two attached hydrogens (primary N) is 1. The van der Waals surface area contributed by atoms with Crippen LogP contribution in [0.1, 0.15) is 19.7 Å². The molecule has 0 saturated carbocycles. The second-order valence-corrected chi connectivity index (χ2v) is 5.55. The molecule has 1 amide bonds. The second kappa shape index (κ2) is 6.04. The fourth-order valence-corrected chi connectivity index (χ4v) is 2.29. The van der Waals surface area contributed by atoms with E-state index < -0.39 is 5.91 Å². The first-order chi connectivity index (χ1) is 9.86. The predicted octanol–water partition coefficient (Wildman–Crippen LogP) is -0.400. The fraction of sp³-hybridized carbons (Fsp3) is 0.538. The lowest BCUT2D eigenvalue weighted by Gasteiger charge is -2.22. The molecule has 0 atom stereocenters. The fourth-order valence-electron chi connectivity index (χ4n) is 2.29. The minimum atomic E-state index is -0.403. The van der Waals surface area contributed by atoms with Gasteiger partial charge in [-0.15, -0.1) is 0 Å². The van der Waals surface area contributed by atoms with Crippen molar-refractivity contribution in [3.05, 3.63) is 22.4 Å². The summed E-state index contributed by atoms with van der Waals surface area (Å²) in [6, 6.07) is 0. The lowest BCUT2D eigenvalue weighted by molar-refractivity contribution is -0.119. The van der Waals surface area contributed by atoms with Gasteiger partial charge >= 0.3 is 0 Å². The second-order valence-electron chi connectivity index (χ2n) is 5.55. The van der Waals surface area contributed by atoms with Gasteiger partial charge in [-0.1, -0.05) is 13.8 Å². The van der Waals surface area contributed by atoms with Crippen LogP contribution in [0.3, 0.4) is 0 Å². The molecule has 0 aliphatic rings. The number of carbonyl (C=O) groups excluding carboxylic acids is 1. The van der Waals surface area contributed by atoms with Crippen LogP contribution in [0.15, 0.2) is 11.0 Å². The van der Waals surface area contributed by atoms with E-state index in [-0.39, 0.29) is 12.1 Å². The monoisotopic (exact) mass is 292 g/mol. The Hall–Kier alpha value is -2.22. The number of nitrogens with zero attached hydrogens (tertiary/aromatic N) is 4. The van der Waals surface area contributed by atoms with E-state index >= 15 is 0 Å². The third-order valence-corrected chi connectivity index (χ3v) is 3.03. The van der Waals surface area contributed by atoms with Gasteiger partial charge in [0.2, 0.25) is 5.91 Å². The van der Waals surface area contributed by atoms with Crippen LogP contribution in [-0.4, -0.2) is 43.6 Å². The SMILES string of the molecule is CC(C)CN(CC(N)=O)Cc1nc2c(cnn2C)c(=O)[nH]1. The molecule has 8 heteroatoms. The Bertz CT molecular complexity index is 702. The first kappa shape index (κ1) is 15.2. The van der Waals surface area contributed by atoms with E-state index in [4.69, 9.17) is 5.73 Å². The Morgan fingerprint density at radius 3 is 2.86 bits per heavy atom. The minimum absolute atomic E-state index is 0.130. The highest BCUT2D eigenvalue weighted by Crippen LogP contribution is 2.07. The standard InChI is InChI=1S/C13H20N6O2/c1-8(2)5-19(6-10(14)20)7-11-16-12-9(13(21)17-11)4-15-18(12)3/h4,8H,5-7H2,1-3H3,(H2,14,20)(H,16,17,21). The van der Waals surface area contributed by atoms with Gasteiger partial charge in [0.05, 0.1) is 19.3 Å². The van der Waals surface area contributed by atoms with Crippen molar-refractivity contribution in [3.8, 4) is 0 Å². The number of aromatic amines is 1. The molecule has 0 aromatic carbocycles. The smallest absolute Gasteiger partial charge is 0.262 e. The summed E-state index contributed by atoms with van der Waals surface area (Å²) in [6.45, 7) is 5.28. The molecule has 2 aromatic rings. The first-order valence-corrected chi connectivity index (χ1v) is 6.78. The number of hydrogen-bond acceptors (Lipinski definition) is 5. The third kappa shape index (κ3) is 3.66. The van der Waals surface area contributed by atoms with Crippen LogP contribution < -0.4 is 11.3 Å². The molecule has 8 nitrogen and oxygen atoms in total. The number of rotatable bonds is 6. The van der Waals surface area contributed by atoms with E-state index in [0.717, 1.165) is 0 Å². The Morgan fingerprint density at radius 1 is 1.52 bits per heavy atom. The topological polar surface area (TPSA) is 110 Å². The maximum atomic E-state index is 12.0. The molecule has 0 saturated heterocycles. The van der Waals surface area contributed by atoms with Gasteiger partial charge in [-0.05, 0) is 5.92 Å². The summed E-state index contributed by atoms with van der Waals surface area (Å²) in [5, 5.41) is 4.47. The molecule has 0 unspecified atom stereocenters. The van der Waals surface area contributed by atoms with E-state index in [9.17, 15) is 9.59 Å². The number of aromatic nitrogens is 4. The van der Waals surface area contributed by atoms with Crippen LogP contribution in [0.25, 0.3) is 11.0 Å². The van der Waals surface area contributed by atoms with Gasteiger partial charge in [0.15, 0.2) is 5.65 Å². The molecule has 21 heavy (non-hydrogen) atoms. The number of nitrogens with one attached hydrogen (secondary N) is 1. The highest BCUT2D eigenvalue weighted by Gasteiger charge is 2.14. The Morgan fingerprint density at radius 2 is 2.24 bits per heavy atom. The molecule has 2 rings (SSSR count). The predicted molar refractivity (Wildman–Crippen MR) is 78.4 cm³/mol. The minimum Gasteiger partial charge on any atom is -0.369 e. The molecule has 2 heterocycles. The third-order valence-electron chi connectivity index (χ3n) is 3.03. The number of aryl methyl sites for hydroxylation is 1. The van der Waals surface area contributed by atoms with E-state index in [0.29, 0.717) is 35.9 Å². The summed E-state index contributed by atoms with van der Waals surface area (Å²) in [6.07, 6.45) is 1.49. The van der Waals surface area contributed by atoms with Crippen molar-refractivity contribution in [1.82, 2.24) is 24.6 Å². The van der Waals surface area contributed by atoms with Crippen molar-refractivity contribution < 1.29 is 4.79 Å². The quantitative estimate of drug-likeness (QED) is 0.752. The number of primary amides is 1. The van der Waals surface area contributed by atoms with Crippen molar-refractivity contribution in [2.75, 3.05) is 13.1 Å². The molecule has 0 aliphatic carbocycles. The molecular formula is C13H20N6O2. The maximum Gasteiger partial charge on any atom is 0.262 e. The summed E-state index contributed by atoms with van der Waals surface area (Å²) in [7, 11) is 1.73. The van der Waals surface area contributed by atoms with Gasteiger partial charge in [-0.3, -0.25) is 19.2 Å². The maximum absolute atomic E-state index is 12.0. The van der Waals surface area contributed by atoms with Gasteiger partial charge in [0, 0.05) is 13.6 Å².